The van der Waals surface area contributed by atoms with Gasteiger partial charge in [0, 0.05) is 6.08 Å². The molecule has 0 bridgehead atoms. The second kappa shape index (κ2) is 10.6. The Labute approximate surface area is 192 Å². The second-order valence-corrected chi connectivity index (χ2v) is 8.11. The number of tetrazole rings is 1. The molecule has 0 spiro atoms. The Morgan fingerprint density at radius 2 is 2.12 bits per heavy atom. The predicted molar refractivity (Wildman–Crippen MR) is 123 cm³/mol. The van der Waals surface area contributed by atoms with Crippen LogP contribution >= 0.6 is 0 Å². The number of nitrogens with one attached hydrogen (secondary N) is 2. The number of rotatable bonds is 9. The highest BCUT2D eigenvalue weighted by atomic mass is 16.6. The summed E-state index contributed by atoms with van der Waals surface area (Å²) in [5.41, 5.74) is 1.40. The molecule has 0 saturated carbocycles. The maximum atomic E-state index is 12.5. The summed E-state index contributed by atoms with van der Waals surface area (Å²) < 4.78 is 17.5. The molecule has 4 rings (SSSR count). The maximum absolute atomic E-state index is 12.5. The number of hydrogen-bond acceptors (Lipinski definition) is 7. The number of aromatic nitrogens is 4. The molecule has 0 radical (unpaired) electrons. The third kappa shape index (κ3) is 6.09. The monoisotopic (exact) mass is 449 g/mol. The van der Waals surface area contributed by atoms with Gasteiger partial charge in [-0.05, 0) is 65.1 Å². The summed E-state index contributed by atoms with van der Waals surface area (Å²) in [7, 11) is 0. The van der Waals surface area contributed by atoms with Crippen molar-refractivity contribution in [2.45, 2.75) is 32.8 Å². The first-order valence-electron chi connectivity index (χ1n) is 11.0. The Bertz CT molecular complexity index is 1080. The molecule has 1 unspecified atom stereocenters. The van der Waals surface area contributed by atoms with E-state index in [-0.39, 0.29) is 12.5 Å². The Morgan fingerprint density at radius 3 is 2.88 bits per heavy atom. The van der Waals surface area contributed by atoms with E-state index in [9.17, 15) is 4.79 Å². The number of hydrogen-bond donors (Lipinski definition) is 2. The molecule has 3 aromatic rings. The molecule has 0 aliphatic carbocycles. The van der Waals surface area contributed by atoms with E-state index in [1.54, 1.807) is 24.3 Å². The summed E-state index contributed by atoms with van der Waals surface area (Å²) in [6, 6.07) is 13.0. The number of nitrogens with zero attached hydrogens (tertiary/aromatic N) is 3. The zero-order chi connectivity index (χ0) is 23.0. The van der Waals surface area contributed by atoms with Crippen LogP contribution in [0.2, 0.25) is 0 Å². The van der Waals surface area contributed by atoms with Gasteiger partial charge in [-0.2, -0.15) is 0 Å². The van der Waals surface area contributed by atoms with Gasteiger partial charge >= 0.3 is 0 Å². The fourth-order valence-electron chi connectivity index (χ4n) is 3.33. The van der Waals surface area contributed by atoms with Crippen LogP contribution in [0.15, 0.2) is 48.5 Å². The second-order valence-electron chi connectivity index (χ2n) is 8.11. The molecule has 1 aliphatic rings. The molecule has 2 N–H and O–H groups in total. The van der Waals surface area contributed by atoms with Crippen LogP contribution in [-0.4, -0.2) is 39.7 Å². The van der Waals surface area contributed by atoms with E-state index < -0.39 is 6.10 Å². The molecule has 1 amide bonds. The number of benzene rings is 2. The number of carbonyl (C=O) groups is 1. The van der Waals surface area contributed by atoms with Gasteiger partial charge in [-0.25, -0.2) is 5.10 Å². The van der Waals surface area contributed by atoms with E-state index in [4.69, 9.17) is 14.2 Å². The molecule has 1 aromatic heterocycles. The highest BCUT2D eigenvalue weighted by Gasteiger charge is 2.27. The van der Waals surface area contributed by atoms with Crippen molar-refractivity contribution in [1.82, 2.24) is 20.6 Å². The summed E-state index contributed by atoms with van der Waals surface area (Å²) in [4.78, 5) is 12.5. The van der Waals surface area contributed by atoms with Crippen molar-refractivity contribution in [3.8, 4) is 17.2 Å². The number of aromatic amines is 1. The summed E-state index contributed by atoms with van der Waals surface area (Å²) in [6.07, 6.45) is 4.91. The molecule has 2 heterocycles. The third-order valence-electron chi connectivity index (χ3n) is 5.06. The van der Waals surface area contributed by atoms with Crippen molar-refractivity contribution in [3.63, 3.8) is 0 Å². The molecule has 2 aromatic carbocycles. The normalized spacial score (nSPS) is 15.1. The first-order valence-corrected chi connectivity index (χ1v) is 11.0. The summed E-state index contributed by atoms with van der Waals surface area (Å²) in [5.74, 6) is 2.65. The molecule has 1 atom stereocenters. The highest BCUT2D eigenvalue weighted by molar-refractivity contribution is 6.03. The number of fused-ring (bicyclic) bond motifs is 1. The van der Waals surface area contributed by atoms with Crippen molar-refractivity contribution >= 4 is 17.7 Å². The smallest absolute Gasteiger partial charge is 0.248 e. The van der Waals surface area contributed by atoms with E-state index >= 15 is 0 Å². The van der Waals surface area contributed by atoms with Gasteiger partial charge in [0.25, 0.3) is 0 Å². The average molecular weight is 450 g/mol. The van der Waals surface area contributed by atoms with Crippen molar-refractivity contribution < 1.29 is 19.0 Å². The number of carbonyl (C=O) groups excluding carboxylic acids is 1. The van der Waals surface area contributed by atoms with Crippen LogP contribution in [0.1, 0.15) is 44.2 Å². The minimum absolute atomic E-state index is 0.263. The van der Waals surface area contributed by atoms with Gasteiger partial charge in [-0.1, -0.05) is 32.0 Å². The largest absolute Gasteiger partial charge is 0.494 e. The molecule has 9 nitrogen and oxygen atoms in total. The number of para-hydroxylation sites is 1. The lowest BCUT2D eigenvalue weighted by molar-refractivity contribution is -0.111. The van der Waals surface area contributed by atoms with Crippen molar-refractivity contribution in [2.24, 2.45) is 5.92 Å². The third-order valence-corrected chi connectivity index (χ3v) is 5.06. The molecule has 172 valence electrons. The van der Waals surface area contributed by atoms with E-state index in [0.29, 0.717) is 35.5 Å². The Morgan fingerprint density at radius 1 is 1.27 bits per heavy atom. The molecule has 0 saturated heterocycles. The van der Waals surface area contributed by atoms with Gasteiger partial charge < -0.3 is 19.5 Å². The zero-order valence-electron chi connectivity index (χ0n) is 18.7. The molecular weight excluding hydrogens is 422 g/mol. The van der Waals surface area contributed by atoms with Crippen LogP contribution in [-0.2, 0) is 4.79 Å². The number of amides is 1. The Kier molecular flexibility index (Phi) is 7.19. The number of ether oxygens (including phenoxy) is 3. The SMILES string of the molecule is CC(C)CCCOc1ccc(C=CC(=O)Nc2cccc3c2OC(c2nnn[nH]2)CO3)cc1. The minimum Gasteiger partial charge on any atom is -0.494 e. The molecule has 0 fully saturated rings. The van der Waals surface area contributed by atoms with Crippen molar-refractivity contribution in [1.29, 1.82) is 0 Å². The minimum atomic E-state index is -0.493. The van der Waals surface area contributed by atoms with E-state index in [0.717, 1.165) is 24.2 Å². The van der Waals surface area contributed by atoms with Crippen LogP contribution in [0.4, 0.5) is 5.69 Å². The molecule has 1 aliphatic heterocycles. The van der Waals surface area contributed by atoms with Gasteiger partial charge in [-0.15, -0.1) is 5.10 Å². The van der Waals surface area contributed by atoms with Gasteiger partial charge in [0.2, 0.25) is 5.91 Å². The lowest BCUT2D eigenvalue weighted by atomic mass is 10.1. The van der Waals surface area contributed by atoms with Gasteiger partial charge in [0.15, 0.2) is 23.4 Å². The highest BCUT2D eigenvalue weighted by Crippen LogP contribution is 2.41. The molecule has 33 heavy (non-hydrogen) atoms. The van der Waals surface area contributed by atoms with Crippen molar-refractivity contribution in [2.75, 3.05) is 18.5 Å². The van der Waals surface area contributed by atoms with Crippen LogP contribution in [0.3, 0.4) is 0 Å². The quantitative estimate of drug-likeness (QED) is 0.372. The van der Waals surface area contributed by atoms with Gasteiger partial charge in [0.05, 0.1) is 12.3 Å². The summed E-state index contributed by atoms with van der Waals surface area (Å²) in [5, 5.41) is 16.5. The van der Waals surface area contributed by atoms with E-state index in [1.807, 2.05) is 24.3 Å². The fourth-order valence-corrected chi connectivity index (χ4v) is 3.33. The maximum Gasteiger partial charge on any atom is 0.248 e. The first kappa shape index (κ1) is 22.3. The topological polar surface area (TPSA) is 111 Å². The molecular formula is C24H27N5O4. The van der Waals surface area contributed by atoms with E-state index in [2.05, 4.69) is 39.8 Å². The van der Waals surface area contributed by atoms with Crippen LogP contribution in [0, 0.1) is 5.92 Å². The lowest BCUT2D eigenvalue weighted by Gasteiger charge is -2.26. The standard InChI is InChI=1S/C24H27N5O4/c1-16(2)5-4-14-31-18-11-8-17(9-12-18)10-13-22(30)25-19-6-3-7-20-23(19)33-21(15-32-20)24-26-28-29-27-24/h3,6-13,16,21H,4-5,14-15H2,1-2H3,(H,25,30)(H,26,27,28,29). The van der Waals surface area contributed by atoms with Crippen LogP contribution < -0.4 is 19.5 Å². The summed E-state index contributed by atoms with van der Waals surface area (Å²) in [6.45, 7) is 5.38. The lowest BCUT2D eigenvalue weighted by Crippen LogP contribution is -2.24. The summed E-state index contributed by atoms with van der Waals surface area (Å²) >= 11 is 0. The molecule has 9 heteroatoms. The fraction of sp³-hybridized carbons (Fsp3) is 0.333. The van der Waals surface area contributed by atoms with E-state index in [1.165, 1.54) is 6.08 Å². The number of H-pyrrole nitrogens is 1. The van der Waals surface area contributed by atoms with Crippen LogP contribution in [0.5, 0.6) is 17.2 Å². The zero-order valence-corrected chi connectivity index (χ0v) is 18.7. The predicted octanol–water partition coefficient (Wildman–Crippen LogP) is 4.18. The van der Waals surface area contributed by atoms with Crippen LogP contribution in [0.25, 0.3) is 6.08 Å². The Hall–Kier alpha value is -3.88. The number of anilines is 1. The van der Waals surface area contributed by atoms with Gasteiger partial charge in [-0.3, -0.25) is 4.79 Å². The average Bonchev–Trinajstić information content (AvgIpc) is 3.36. The van der Waals surface area contributed by atoms with Crippen molar-refractivity contribution in [3.05, 3.63) is 59.9 Å². The van der Waals surface area contributed by atoms with Gasteiger partial charge in [0.1, 0.15) is 12.4 Å². The first-order chi connectivity index (χ1) is 16.1. The Balaban J connectivity index is 1.34.